The van der Waals surface area contributed by atoms with Crippen LogP contribution in [0.5, 0.6) is 0 Å². The van der Waals surface area contributed by atoms with Crippen LogP contribution in [0.2, 0.25) is 0 Å². The van der Waals surface area contributed by atoms with Crippen molar-refractivity contribution in [1.82, 2.24) is 9.13 Å². The zero-order chi connectivity index (χ0) is 15.1. The van der Waals surface area contributed by atoms with Crippen LogP contribution >= 0.6 is 11.3 Å². The first-order valence-corrected chi connectivity index (χ1v) is 7.73. The summed E-state index contributed by atoms with van der Waals surface area (Å²) in [4.78, 5) is 13.2. The number of fused-ring (bicyclic) bond motifs is 1. The van der Waals surface area contributed by atoms with Crippen LogP contribution in [-0.2, 0) is 20.5 Å². The molecule has 0 amide bonds. The van der Waals surface area contributed by atoms with Gasteiger partial charge in [-0.05, 0) is 41.6 Å². The molecule has 110 valence electrons. The summed E-state index contributed by atoms with van der Waals surface area (Å²) in [5, 5.41) is 12.5. The van der Waals surface area contributed by atoms with Crippen LogP contribution < -0.4 is 5.69 Å². The van der Waals surface area contributed by atoms with E-state index in [-0.39, 0.29) is 5.69 Å². The van der Waals surface area contributed by atoms with Crippen LogP contribution in [0, 0.1) is 6.92 Å². The van der Waals surface area contributed by atoms with E-state index in [4.69, 9.17) is 0 Å². The Morgan fingerprint density at radius 3 is 2.52 bits per heavy atom. The highest BCUT2D eigenvalue weighted by Crippen LogP contribution is 2.27. The molecule has 21 heavy (non-hydrogen) atoms. The molecular formula is C16H18N2O2S. The van der Waals surface area contributed by atoms with E-state index in [1.165, 1.54) is 0 Å². The number of aromatic nitrogens is 2. The first kappa shape index (κ1) is 14.1. The number of nitrogens with zero attached hydrogens (tertiary/aromatic N) is 2. The van der Waals surface area contributed by atoms with Crippen LogP contribution in [0.1, 0.15) is 22.1 Å². The predicted octanol–water partition coefficient (Wildman–Crippen LogP) is 2.52. The normalized spacial score (nSPS) is 13.0. The van der Waals surface area contributed by atoms with Gasteiger partial charge in [-0.2, -0.15) is 0 Å². The van der Waals surface area contributed by atoms with Gasteiger partial charge in [0, 0.05) is 25.4 Å². The average Bonchev–Trinajstić information content (AvgIpc) is 3.03. The lowest BCUT2D eigenvalue weighted by Gasteiger charge is -2.14. The second kappa shape index (κ2) is 5.16. The van der Waals surface area contributed by atoms with Gasteiger partial charge in [0.1, 0.15) is 0 Å². The summed E-state index contributed by atoms with van der Waals surface area (Å²) in [6, 6.07) is 7.93. The van der Waals surface area contributed by atoms with Crippen molar-refractivity contribution in [2.45, 2.75) is 19.4 Å². The Labute approximate surface area is 126 Å². The summed E-state index contributed by atoms with van der Waals surface area (Å²) < 4.78 is 3.26. The van der Waals surface area contributed by atoms with E-state index in [9.17, 15) is 9.90 Å². The fraction of sp³-hybridized carbons (Fsp3) is 0.312. The third kappa shape index (κ3) is 2.32. The molecule has 3 rings (SSSR count). The number of benzene rings is 1. The van der Waals surface area contributed by atoms with E-state index in [1.807, 2.05) is 36.6 Å². The predicted molar refractivity (Wildman–Crippen MR) is 85.9 cm³/mol. The van der Waals surface area contributed by atoms with E-state index in [1.54, 1.807) is 34.6 Å². The summed E-state index contributed by atoms with van der Waals surface area (Å²) >= 11 is 1.65. The van der Waals surface area contributed by atoms with Crippen molar-refractivity contribution >= 4 is 22.4 Å². The highest BCUT2D eigenvalue weighted by atomic mass is 32.1. The number of imidazole rings is 1. The molecule has 0 aliphatic heterocycles. The van der Waals surface area contributed by atoms with E-state index in [0.717, 1.165) is 27.0 Å². The van der Waals surface area contributed by atoms with Crippen molar-refractivity contribution in [3.8, 4) is 0 Å². The summed E-state index contributed by atoms with van der Waals surface area (Å²) in [5.41, 5.74) is 3.60. The minimum absolute atomic E-state index is 0.0469. The zero-order valence-corrected chi connectivity index (χ0v) is 13.1. The van der Waals surface area contributed by atoms with Crippen LogP contribution in [0.15, 0.2) is 34.4 Å². The summed E-state index contributed by atoms with van der Waals surface area (Å²) in [6.07, 6.45) is 0.0495. The average molecular weight is 302 g/mol. The van der Waals surface area contributed by atoms with Gasteiger partial charge in [0.2, 0.25) is 0 Å². The van der Waals surface area contributed by atoms with Crippen molar-refractivity contribution in [2.24, 2.45) is 14.1 Å². The van der Waals surface area contributed by atoms with Gasteiger partial charge in [-0.1, -0.05) is 6.07 Å². The molecule has 0 aliphatic carbocycles. The van der Waals surface area contributed by atoms with Crippen molar-refractivity contribution in [3.05, 3.63) is 56.1 Å². The first-order valence-electron chi connectivity index (χ1n) is 6.85. The highest BCUT2D eigenvalue weighted by Gasteiger charge is 2.16. The topological polar surface area (TPSA) is 47.2 Å². The summed E-state index contributed by atoms with van der Waals surface area (Å²) in [7, 11) is 3.53. The lowest BCUT2D eigenvalue weighted by molar-refractivity contribution is 0.179. The maximum atomic E-state index is 12.0. The van der Waals surface area contributed by atoms with E-state index in [2.05, 4.69) is 0 Å². The molecule has 0 aliphatic rings. The standard InChI is InChI=1S/C16H18N2O2S/c1-10-7-13-14(18(3)16(20)17(13)2)9-12(10)15(19)8-11-5-4-6-21-11/h4-7,9,15,19H,8H2,1-3H3. The van der Waals surface area contributed by atoms with E-state index < -0.39 is 6.10 Å². The van der Waals surface area contributed by atoms with Gasteiger partial charge < -0.3 is 5.11 Å². The molecule has 0 radical (unpaired) electrons. The van der Waals surface area contributed by atoms with Gasteiger partial charge in [-0.3, -0.25) is 9.13 Å². The van der Waals surface area contributed by atoms with E-state index >= 15 is 0 Å². The smallest absolute Gasteiger partial charge is 0.328 e. The van der Waals surface area contributed by atoms with Gasteiger partial charge in [0.25, 0.3) is 0 Å². The van der Waals surface area contributed by atoms with Crippen LogP contribution in [-0.4, -0.2) is 14.2 Å². The number of aliphatic hydroxyl groups is 1. The molecule has 0 saturated carbocycles. The monoisotopic (exact) mass is 302 g/mol. The highest BCUT2D eigenvalue weighted by molar-refractivity contribution is 7.09. The second-order valence-corrected chi connectivity index (χ2v) is 6.43. The molecule has 0 spiro atoms. The third-order valence-corrected chi connectivity index (χ3v) is 4.89. The molecule has 1 N–H and O–H groups in total. The molecule has 4 nitrogen and oxygen atoms in total. The lowest BCUT2D eigenvalue weighted by atomic mass is 9.99. The van der Waals surface area contributed by atoms with Crippen LogP contribution in [0.25, 0.3) is 11.0 Å². The minimum Gasteiger partial charge on any atom is -0.388 e. The molecule has 1 aromatic carbocycles. The number of aliphatic hydroxyl groups excluding tert-OH is 1. The molecule has 0 saturated heterocycles. The number of hydrogen-bond acceptors (Lipinski definition) is 3. The zero-order valence-electron chi connectivity index (χ0n) is 12.3. The van der Waals surface area contributed by atoms with Gasteiger partial charge >= 0.3 is 5.69 Å². The summed E-state index contributed by atoms with van der Waals surface area (Å²) in [6.45, 7) is 1.98. The maximum Gasteiger partial charge on any atom is 0.328 e. The van der Waals surface area contributed by atoms with Gasteiger partial charge in [0.05, 0.1) is 17.1 Å². The number of hydrogen-bond donors (Lipinski definition) is 1. The first-order chi connectivity index (χ1) is 9.99. The molecule has 2 heterocycles. The van der Waals surface area contributed by atoms with Crippen molar-refractivity contribution in [1.29, 1.82) is 0 Å². The molecule has 2 aromatic heterocycles. The molecular weight excluding hydrogens is 284 g/mol. The minimum atomic E-state index is -0.552. The van der Waals surface area contributed by atoms with Crippen molar-refractivity contribution in [2.75, 3.05) is 0 Å². The maximum absolute atomic E-state index is 12.0. The Bertz CT molecular complexity index is 843. The molecule has 3 aromatic rings. The Balaban J connectivity index is 2.08. The second-order valence-electron chi connectivity index (χ2n) is 5.40. The number of thiophene rings is 1. The molecule has 0 bridgehead atoms. The largest absolute Gasteiger partial charge is 0.388 e. The van der Waals surface area contributed by atoms with Crippen LogP contribution in [0.4, 0.5) is 0 Å². The fourth-order valence-corrected chi connectivity index (χ4v) is 3.50. The van der Waals surface area contributed by atoms with Crippen molar-refractivity contribution in [3.63, 3.8) is 0 Å². The third-order valence-electron chi connectivity index (χ3n) is 3.99. The molecule has 5 heteroatoms. The Kier molecular flexibility index (Phi) is 3.47. The SMILES string of the molecule is Cc1cc2c(cc1C(O)Cc1cccs1)n(C)c(=O)n2C. The van der Waals surface area contributed by atoms with E-state index in [0.29, 0.717) is 6.42 Å². The van der Waals surface area contributed by atoms with Gasteiger partial charge in [-0.25, -0.2) is 4.79 Å². The quantitative estimate of drug-likeness (QED) is 0.808. The number of aryl methyl sites for hydroxylation is 3. The van der Waals surface area contributed by atoms with Gasteiger partial charge in [0.15, 0.2) is 0 Å². The lowest BCUT2D eigenvalue weighted by Crippen LogP contribution is -2.19. The Hall–Kier alpha value is -1.85. The van der Waals surface area contributed by atoms with Gasteiger partial charge in [-0.15, -0.1) is 11.3 Å². The van der Waals surface area contributed by atoms with Crippen molar-refractivity contribution < 1.29 is 5.11 Å². The molecule has 1 atom stereocenters. The Morgan fingerprint density at radius 2 is 1.90 bits per heavy atom. The fourth-order valence-electron chi connectivity index (χ4n) is 2.75. The van der Waals surface area contributed by atoms with Crippen LogP contribution in [0.3, 0.4) is 0 Å². The number of rotatable bonds is 3. The Morgan fingerprint density at radius 1 is 1.24 bits per heavy atom. The summed E-state index contributed by atoms with van der Waals surface area (Å²) in [5.74, 6) is 0. The molecule has 1 unspecified atom stereocenters. The molecule has 0 fully saturated rings.